The van der Waals surface area contributed by atoms with Crippen molar-refractivity contribution in [3.63, 3.8) is 0 Å². The molecule has 0 amide bonds. The number of nitrogens with one attached hydrogen (secondary N) is 1. The summed E-state index contributed by atoms with van der Waals surface area (Å²) in [5, 5.41) is 14.4. The minimum absolute atomic E-state index is 0.0523. The van der Waals surface area contributed by atoms with Crippen LogP contribution in [0.5, 0.6) is 0 Å². The van der Waals surface area contributed by atoms with Crippen molar-refractivity contribution in [2.24, 2.45) is 0 Å². The van der Waals surface area contributed by atoms with E-state index in [0.29, 0.717) is 0 Å². The van der Waals surface area contributed by atoms with Crippen LogP contribution in [0.15, 0.2) is 29.4 Å². The van der Waals surface area contributed by atoms with Crippen LogP contribution >= 0.6 is 11.8 Å². The van der Waals surface area contributed by atoms with Crippen molar-refractivity contribution in [1.29, 1.82) is 0 Å². The minimum Gasteiger partial charge on any atom is -0.392 e. The molecule has 2 heterocycles. The van der Waals surface area contributed by atoms with Gasteiger partial charge in [0.1, 0.15) is 10.7 Å². The van der Waals surface area contributed by atoms with Crippen LogP contribution in [0.1, 0.15) is 40.3 Å². The van der Waals surface area contributed by atoms with Gasteiger partial charge in [0.05, 0.1) is 11.8 Å². The Morgan fingerprint density at radius 2 is 2.05 bits per heavy atom. The molecule has 4 nitrogen and oxygen atoms in total. The van der Waals surface area contributed by atoms with Gasteiger partial charge in [-0.25, -0.2) is 4.98 Å². The molecule has 2 atom stereocenters. The third-order valence-corrected chi connectivity index (χ3v) is 4.67. The highest BCUT2D eigenvalue weighted by Gasteiger charge is 2.19. The summed E-state index contributed by atoms with van der Waals surface area (Å²) in [6.07, 6.45) is 1.68. The molecule has 0 aromatic carbocycles. The Morgan fingerprint density at radius 1 is 1.33 bits per heavy atom. The highest BCUT2D eigenvalue weighted by molar-refractivity contribution is 7.99. The molecule has 0 fully saturated rings. The third kappa shape index (κ3) is 4.22. The monoisotopic (exact) mass is 307 g/mol. The molecule has 0 spiro atoms. The number of thioether (sulfide) groups is 1. The van der Waals surface area contributed by atoms with Crippen LogP contribution in [0.2, 0.25) is 0 Å². The molecule has 0 aliphatic carbocycles. The number of aromatic nitrogens is 2. The van der Waals surface area contributed by atoms with E-state index in [-0.39, 0.29) is 16.9 Å². The first-order chi connectivity index (χ1) is 9.78. The molecule has 2 aromatic heterocycles. The quantitative estimate of drug-likeness (QED) is 0.834. The highest BCUT2D eigenvalue weighted by Crippen LogP contribution is 2.29. The average Bonchev–Trinajstić information content (AvgIpc) is 2.72. The van der Waals surface area contributed by atoms with Crippen molar-refractivity contribution >= 4 is 17.4 Å². The van der Waals surface area contributed by atoms with E-state index in [1.807, 2.05) is 38.2 Å². The number of hydrogen-bond acceptors (Lipinski definition) is 4. The average molecular weight is 307 g/mol. The Balaban J connectivity index is 2.34. The molecule has 0 saturated heterocycles. The van der Waals surface area contributed by atoms with E-state index in [0.717, 1.165) is 22.9 Å². The maximum absolute atomic E-state index is 9.74. The summed E-state index contributed by atoms with van der Waals surface area (Å²) in [6.45, 7) is 11.1. The molecule has 2 aromatic rings. The van der Waals surface area contributed by atoms with Gasteiger partial charge >= 0.3 is 0 Å². The number of imidazole rings is 1. The third-order valence-electron chi connectivity index (χ3n) is 3.36. The molecular weight excluding hydrogens is 282 g/mol. The molecule has 2 N–H and O–H groups in total. The summed E-state index contributed by atoms with van der Waals surface area (Å²) in [5.74, 6) is 0. The van der Waals surface area contributed by atoms with Gasteiger partial charge in [-0.15, -0.1) is 0 Å². The molecule has 5 heteroatoms. The number of rotatable bonds is 5. The van der Waals surface area contributed by atoms with Gasteiger partial charge in [0.25, 0.3) is 0 Å². The largest absolute Gasteiger partial charge is 0.392 e. The van der Waals surface area contributed by atoms with E-state index in [1.54, 1.807) is 11.8 Å². The fourth-order valence-corrected chi connectivity index (χ4v) is 2.91. The second-order valence-corrected chi connectivity index (χ2v) is 7.83. The Labute approximate surface area is 131 Å². The predicted molar refractivity (Wildman–Crippen MR) is 88.8 cm³/mol. The lowest BCUT2D eigenvalue weighted by molar-refractivity contribution is 0.196. The van der Waals surface area contributed by atoms with Crippen molar-refractivity contribution in [2.45, 2.75) is 63.1 Å². The van der Waals surface area contributed by atoms with Crippen molar-refractivity contribution in [1.82, 2.24) is 14.7 Å². The van der Waals surface area contributed by atoms with Gasteiger partial charge in [-0.3, -0.25) is 0 Å². The van der Waals surface area contributed by atoms with Gasteiger partial charge in [-0.05, 0) is 39.8 Å². The van der Waals surface area contributed by atoms with E-state index in [4.69, 9.17) is 4.98 Å². The normalized spacial score (nSPS) is 15.3. The number of hydrogen-bond donors (Lipinski definition) is 2. The first-order valence-corrected chi connectivity index (χ1v) is 8.21. The Hall–Kier alpha value is -1.04. The molecule has 21 heavy (non-hydrogen) atoms. The van der Waals surface area contributed by atoms with Crippen LogP contribution in [-0.4, -0.2) is 31.4 Å². The number of aliphatic hydroxyl groups excluding tert-OH is 1. The lowest BCUT2D eigenvalue weighted by Crippen LogP contribution is -2.35. The number of nitrogens with zero attached hydrogens (tertiary/aromatic N) is 2. The zero-order chi connectivity index (χ0) is 15.6. The van der Waals surface area contributed by atoms with Gasteiger partial charge in [0.15, 0.2) is 0 Å². The summed E-state index contributed by atoms with van der Waals surface area (Å²) in [7, 11) is 0. The Bertz CT molecular complexity index is 601. The fraction of sp³-hybridized carbons (Fsp3) is 0.562. The van der Waals surface area contributed by atoms with E-state index in [9.17, 15) is 5.11 Å². The first-order valence-electron chi connectivity index (χ1n) is 7.33. The maximum atomic E-state index is 9.74. The molecule has 2 rings (SSSR count). The number of pyridine rings is 1. The van der Waals surface area contributed by atoms with E-state index >= 15 is 0 Å². The van der Waals surface area contributed by atoms with E-state index < -0.39 is 0 Å². The van der Waals surface area contributed by atoms with E-state index in [1.165, 1.54) is 0 Å². The first kappa shape index (κ1) is 16.3. The van der Waals surface area contributed by atoms with E-state index in [2.05, 4.69) is 30.5 Å². The van der Waals surface area contributed by atoms with Crippen molar-refractivity contribution in [3.05, 3.63) is 30.1 Å². The van der Waals surface area contributed by atoms with Crippen LogP contribution in [0, 0.1) is 0 Å². The zero-order valence-electron chi connectivity index (χ0n) is 13.4. The van der Waals surface area contributed by atoms with Crippen LogP contribution in [0.4, 0.5) is 0 Å². The van der Waals surface area contributed by atoms with Crippen LogP contribution in [0.25, 0.3) is 5.65 Å². The Kier molecular flexibility index (Phi) is 4.96. The lowest BCUT2D eigenvalue weighted by atomic mass is 10.1. The van der Waals surface area contributed by atoms with Crippen molar-refractivity contribution in [3.8, 4) is 0 Å². The van der Waals surface area contributed by atoms with Gasteiger partial charge in [-0.1, -0.05) is 24.8 Å². The molecule has 0 saturated carbocycles. The predicted octanol–water partition coefficient (Wildman–Crippen LogP) is 3.08. The van der Waals surface area contributed by atoms with Gasteiger partial charge in [0, 0.05) is 23.5 Å². The van der Waals surface area contributed by atoms with Gasteiger partial charge in [-0.2, -0.15) is 0 Å². The maximum Gasteiger partial charge on any atom is 0.138 e. The van der Waals surface area contributed by atoms with Gasteiger partial charge < -0.3 is 14.8 Å². The summed E-state index contributed by atoms with van der Waals surface area (Å²) < 4.78 is 2.12. The number of fused-ring (bicyclic) bond motifs is 1. The Morgan fingerprint density at radius 3 is 2.67 bits per heavy atom. The second kappa shape index (κ2) is 6.38. The topological polar surface area (TPSA) is 49.6 Å². The molecule has 0 radical (unpaired) electrons. The zero-order valence-corrected chi connectivity index (χ0v) is 14.2. The van der Waals surface area contributed by atoms with Crippen LogP contribution < -0.4 is 5.32 Å². The summed E-state index contributed by atoms with van der Waals surface area (Å²) in [5.41, 5.74) is 2.15. The molecule has 0 aliphatic rings. The molecule has 0 aliphatic heterocycles. The SMILES string of the molecule is CC(O)C(C)Sc1nc2ccccn2c1CNC(C)(C)C. The molecule has 116 valence electrons. The summed E-state index contributed by atoms with van der Waals surface area (Å²) in [4.78, 5) is 4.71. The second-order valence-electron chi connectivity index (χ2n) is 6.46. The molecular formula is C16H25N3OS. The van der Waals surface area contributed by atoms with Crippen LogP contribution in [-0.2, 0) is 6.54 Å². The molecule has 2 unspecified atom stereocenters. The number of aliphatic hydroxyl groups is 1. The standard InChI is InChI=1S/C16H25N3OS/c1-11(20)12(2)21-15-13(10-17-16(3,4)5)19-9-7-6-8-14(19)18-15/h6-9,11-12,17,20H,10H2,1-5H3. The summed E-state index contributed by atoms with van der Waals surface area (Å²) in [6, 6.07) is 6.02. The molecule has 0 bridgehead atoms. The highest BCUT2D eigenvalue weighted by atomic mass is 32.2. The van der Waals surface area contributed by atoms with Crippen molar-refractivity contribution in [2.75, 3.05) is 0 Å². The van der Waals surface area contributed by atoms with Gasteiger partial charge in [0.2, 0.25) is 0 Å². The minimum atomic E-state index is -0.358. The summed E-state index contributed by atoms with van der Waals surface area (Å²) >= 11 is 1.63. The van der Waals surface area contributed by atoms with Crippen LogP contribution in [0.3, 0.4) is 0 Å². The fourth-order valence-electron chi connectivity index (χ4n) is 1.90. The van der Waals surface area contributed by atoms with Crippen molar-refractivity contribution < 1.29 is 5.11 Å². The lowest BCUT2D eigenvalue weighted by Gasteiger charge is -2.21. The smallest absolute Gasteiger partial charge is 0.138 e.